The molecule has 1 aromatic rings. The molecule has 1 rings (SSSR count). The van der Waals surface area contributed by atoms with Gasteiger partial charge in [0.15, 0.2) is 0 Å². The maximum atomic E-state index is 13.2. The summed E-state index contributed by atoms with van der Waals surface area (Å²) < 4.78 is 133. The molecule has 0 saturated heterocycles. The van der Waals surface area contributed by atoms with E-state index in [1.54, 1.807) is 0 Å². The Morgan fingerprint density at radius 3 is 1.07 bits per heavy atom. The molecule has 0 bridgehead atoms. The molecule has 0 aliphatic heterocycles. The summed E-state index contributed by atoms with van der Waals surface area (Å²) in [5.41, 5.74) is -12.3. The molecule has 0 unspecified atom stereocenters. The second kappa shape index (κ2) is 8.43. The molecule has 0 heterocycles. The van der Waals surface area contributed by atoms with E-state index in [4.69, 9.17) is 19.6 Å². The topological polar surface area (TPSA) is 134 Å². The number of rotatable bonds is 10. The van der Waals surface area contributed by atoms with E-state index in [0.29, 0.717) is 0 Å². The van der Waals surface area contributed by atoms with Crippen molar-refractivity contribution in [3.8, 4) is 0 Å². The fraction of sp³-hybridized carbons (Fsp3) is 0.500. The lowest BCUT2D eigenvalue weighted by atomic mass is 10.1. The van der Waals surface area contributed by atoms with Crippen LogP contribution in [0.1, 0.15) is 11.1 Å². The van der Waals surface area contributed by atoms with Crippen molar-refractivity contribution in [2.24, 2.45) is 0 Å². The first-order chi connectivity index (χ1) is 13.2. The summed E-state index contributed by atoms with van der Waals surface area (Å²) >= 11 is 0. The molecular formula is C12H12F8O8P2. The standard InChI is InChI=1S/C12H12F8O8P2/c13-9(14,11(17,18)29(21,22)23)27-5-7-1-2-8(4-3-7)6-28-10(15,16)12(19,20)30(24,25)26/h1-4H,5-6H2,(H2,21,22,23)(H2,24,25,26). The summed E-state index contributed by atoms with van der Waals surface area (Å²) in [5.74, 6) is 0. The van der Waals surface area contributed by atoms with Crippen LogP contribution in [0.15, 0.2) is 24.3 Å². The first-order valence-corrected chi connectivity index (χ1v) is 10.4. The van der Waals surface area contributed by atoms with Crippen LogP contribution in [0.4, 0.5) is 35.1 Å². The third-order valence-corrected chi connectivity index (χ3v) is 5.28. The monoisotopic (exact) mass is 498 g/mol. The number of ether oxygens (including phenoxy) is 2. The molecule has 0 aliphatic rings. The van der Waals surface area contributed by atoms with Gasteiger partial charge < -0.3 is 29.0 Å². The second-order valence-electron chi connectivity index (χ2n) is 5.60. The van der Waals surface area contributed by atoms with Crippen LogP contribution >= 0.6 is 15.2 Å². The van der Waals surface area contributed by atoms with Crippen LogP contribution in [0.2, 0.25) is 0 Å². The van der Waals surface area contributed by atoms with Crippen LogP contribution in [0.25, 0.3) is 0 Å². The highest BCUT2D eigenvalue weighted by Gasteiger charge is 2.70. The van der Waals surface area contributed by atoms with Crippen LogP contribution in [-0.2, 0) is 31.8 Å². The highest BCUT2D eigenvalue weighted by Crippen LogP contribution is 2.61. The summed E-state index contributed by atoms with van der Waals surface area (Å²) in [5, 5.41) is 0. The largest absolute Gasteiger partial charge is 0.434 e. The third-order valence-electron chi connectivity index (χ3n) is 3.30. The number of hydrogen-bond donors (Lipinski definition) is 4. The molecule has 4 N–H and O–H groups in total. The van der Waals surface area contributed by atoms with Gasteiger partial charge in [-0.25, -0.2) is 0 Å². The summed E-state index contributed by atoms with van der Waals surface area (Å²) in [6.07, 6.45) is -11.2. The fourth-order valence-electron chi connectivity index (χ4n) is 1.59. The Kier molecular flexibility index (Phi) is 7.56. The van der Waals surface area contributed by atoms with Gasteiger partial charge in [0.25, 0.3) is 0 Å². The lowest BCUT2D eigenvalue weighted by Crippen LogP contribution is -2.42. The molecule has 8 nitrogen and oxygen atoms in total. The number of benzene rings is 1. The van der Waals surface area contributed by atoms with Crippen molar-refractivity contribution in [3.63, 3.8) is 0 Å². The Bertz CT molecular complexity index is 766. The molecule has 0 saturated carbocycles. The van der Waals surface area contributed by atoms with Gasteiger partial charge in [-0.1, -0.05) is 24.3 Å². The van der Waals surface area contributed by atoms with Crippen LogP contribution in [-0.4, -0.2) is 43.1 Å². The average Bonchev–Trinajstić information content (AvgIpc) is 2.57. The highest BCUT2D eigenvalue weighted by atomic mass is 31.2. The van der Waals surface area contributed by atoms with Gasteiger partial charge in [-0.3, -0.25) is 9.13 Å². The van der Waals surface area contributed by atoms with Crippen LogP contribution in [0.3, 0.4) is 0 Å². The Morgan fingerprint density at radius 2 is 0.867 bits per heavy atom. The summed E-state index contributed by atoms with van der Waals surface area (Å²) in [7, 11) is -13.2. The van der Waals surface area contributed by atoms with E-state index < -0.39 is 51.9 Å². The Labute approximate surface area is 161 Å². The van der Waals surface area contributed by atoms with Crippen molar-refractivity contribution in [1.29, 1.82) is 0 Å². The normalized spacial score (nSPS) is 14.8. The van der Waals surface area contributed by atoms with E-state index in [9.17, 15) is 44.3 Å². The number of hydrogen-bond acceptors (Lipinski definition) is 4. The van der Waals surface area contributed by atoms with E-state index in [-0.39, 0.29) is 11.1 Å². The van der Waals surface area contributed by atoms with Gasteiger partial charge >= 0.3 is 38.7 Å². The summed E-state index contributed by atoms with van der Waals surface area (Å²) in [6.45, 7) is -2.65. The predicted molar refractivity (Wildman–Crippen MR) is 79.9 cm³/mol. The molecule has 0 atom stereocenters. The van der Waals surface area contributed by atoms with Gasteiger partial charge in [-0.2, -0.15) is 35.1 Å². The van der Waals surface area contributed by atoms with E-state index in [2.05, 4.69) is 9.47 Å². The van der Waals surface area contributed by atoms with Crippen molar-refractivity contribution < 1.29 is 73.3 Å². The van der Waals surface area contributed by atoms with E-state index in [0.717, 1.165) is 24.3 Å². The maximum Gasteiger partial charge on any atom is 0.434 e. The maximum absolute atomic E-state index is 13.2. The summed E-state index contributed by atoms with van der Waals surface area (Å²) in [4.78, 5) is 33.1. The smallest absolute Gasteiger partial charge is 0.320 e. The van der Waals surface area contributed by atoms with Gasteiger partial charge in [0, 0.05) is 0 Å². The molecule has 0 amide bonds. The van der Waals surface area contributed by atoms with Crippen molar-refractivity contribution >= 4 is 15.2 Å². The first-order valence-electron chi connectivity index (χ1n) is 7.14. The van der Waals surface area contributed by atoms with Crippen molar-refractivity contribution in [2.45, 2.75) is 36.8 Å². The van der Waals surface area contributed by atoms with Crippen molar-refractivity contribution in [1.82, 2.24) is 0 Å². The molecule has 1 aromatic carbocycles. The number of alkyl halides is 8. The Morgan fingerprint density at radius 1 is 0.633 bits per heavy atom. The molecular weight excluding hydrogens is 486 g/mol. The van der Waals surface area contributed by atoms with E-state index in [1.165, 1.54) is 0 Å². The van der Waals surface area contributed by atoms with Crippen molar-refractivity contribution in [3.05, 3.63) is 35.4 Å². The van der Waals surface area contributed by atoms with Crippen LogP contribution < -0.4 is 0 Å². The van der Waals surface area contributed by atoms with Gasteiger partial charge in [-0.05, 0) is 11.1 Å². The molecule has 0 radical (unpaired) electrons. The van der Waals surface area contributed by atoms with Gasteiger partial charge in [0.05, 0.1) is 13.2 Å². The second-order valence-corrected chi connectivity index (χ2v) is 8.90. The fourth-order valence-corrected chi connectivity index (χ4v) is 2.40. The Hall–Kier alpha value is -1.12. The zero-order chi connectivity index (χ0) is 23.8. The zero-order valence-electron chi connectivity index (χ0n) is 14.1. The minimum atomic E-state index is -6.58. The quantitative estimate of drug-likeness (QED) is 0.285. The minimum Gasteiger partial charge on any atom is -0.320 e. The number of halogens is 8. The lowest BCUT2D eigenvalue weighted by molar-refractivity contribution is -0.327. The predicted octanol–water partition coefficient (Wildman–Crippen LogP) is 3.45. The Balaban J connectivity index is 2.80. The minimum absolute atomic E-state index is 0.327. The molecule has 0 aliphatic carbocycles. The van der Waals surface area contributed by atoms with Gasteiger partial charge in [0.1, 0.15) is 0 Å². The van der Waals surface area contributed by atoms with E-state index in [1.807, 2.05) is 0 Å². The lowest BCUT2D eigenvalue weighted by Gasteiger charge is -2.26. The zero-order valence-corrected chi connectivity index (χ0v) is 15.9. The highest BCUT2D eigenvalue weighted by molar-refractivity contribution is 7.53. The molecule has 30 heavy (non-hydrogen) atoms. The molecule has 0 spiro atoms. The van der Waals surface area contributed by atoms with Gasteiger partial charge in [-0.15, -0.1) is 0 Å². The SMILES string of the molecule is O=P(O)(O)C(F)(F)C(F)(F)OCc1ccc(COC(F)(F)C(F)(F)P(=O)(O)O)cc1. The first kappa shape index (κ1) is 26.9. The molecule has 0 fully saturated rings. The van der Waals surface area contributed by atoms with Crippen LogP contribution in [0, 0.1) is 0 Å². The third kappa shape index (κ3) is 5.56. The van der Waals surface area contributed by atoms with Gasteiger partial charge in [0.2, 0.25) is 0 Å². The van der Waals surface area contributed by atoms with E-state index >= 15 is 0 Å². The molecule has 18 heteroatoms. The molecule has 174 valence electrons. The average molecular weight is 498 g/mol. The van der Waals surface area contributed by atoms with Crippen molar-refractivity contribution in [2.75, 3.05) is 0 Å². The summed E-state index contributed by atoms with van der Waals surface area (Å²) in [6, 6.07) is 3.24. The molecule has 0 aromatic heterocycles. The van der Waals surface area contributed by atoms with Crippen LogP contribution in [0.5, 0.6) is 0 Å².